The molecule has 0 saturated heterocycles. The Morgan fingerprint density at radius 1 is 1.05 bits per heavy atom. The first-order chi connectivity index (χ1) is 19.2. The van der Waals surface area contributed by atoms with Crippen molar-refractivity contribution >= 4 is 62.2 Å². The van der Waals surface area contributed by atoms with Crippen LogP contribution in [0, 0.1) is 0 Å². The Labute approximate surface area is 242 Å². The molecule has 208 valence electrons. The Bertz CT molecular complexity index is 1580. The number of amidine groups is 1. The van der Waals surface area contributed by atoms with Gasteiger partial charge in [0.05, 0.1) is 32.7 Å². The number of carbonyl (C=O) groups excluding carboxylic acids is 2. The Morgan fingerprint density at radius 3 is 2.55 bits per heavy atom. The summed E-state index contributed by atoms with van der Waals surface area (Å²) in [6, 6.07) is 17.1. The first kappa shape index (κ1) is 27.9. The Kier molecular flexibility index (Phi) is 8.30. The summed E-state index contributed by atoms with van der Waals surface area (Å²) in [5, 5.41) is 9.08. The molecule has 0 saturated carbocycles. The van der Waals surface area contributed by atoms with Gasteiger partial charge in [0.15, 0.2) is 0 Å². The molecule has 0 spiro atoms. The third kappa shape index (κ3) is 5.94. The lowest BCUT2D eigenvalue weighted by Crippen LogP contribution is -2.52. The number of hydrogen-bond acceptors (Lipinski definition) is 6. The van der Waals surface area contributed by atoms with Crippen molar-refractivity contribution in [3.8, 4) is 0 Å². The topological polar surface area (TPSA) is 120 Å². The molecule has 0 bridgehead atoms. The zero-order valence-electron chi connectivity index (χ0n) is 21.4. The number of hydrogen-bond donors (Lipinski definition) is 3. The SMILES string of the molecule is O=C(CC1C(=O)Nc2ccccc2N1S(=O)(=O)c1ccc(Cl)c(Cl)c1)NCCc1ccc(C2=NCCCN2)cc1. The fourth-order valence-electron chi connectivity index (χ4n) is 4.63. The van der Waals surface area contributed by atoms with Crippen LogP contribution in [0.2, 0.25) is 10.0 Å². The van der Waals surface area contributed by atoms with Crippen LogP contribution >= 0.6 is 23.2 Å². The first-order valence-corrected chi connectivity index (χ1v) is 15.0. The molecule has 0 aliphatic carbocycles. The molecular weight excluding hydrogens is 573 g/mol. The molecule has 3 aromatic rings. The normalized spacial score (nSPS) is 16.9. The van der Waals surface area contributed by atoms with Crippen LogP contribution in [0.25, 0.3) is 0 Å². The highest BCUT2D eigenvalue weighted by Crippen LogP contribution is 2.38. The maximum Gasteiger partial charge on any atom is 0.265 e. The number of halogens is 2. The number of amides is 2. The van der Waals surface area contributed by atoms with Crippen LogP contribution in [-0.2, 0) is 26.0 Å². The van der Waals surface area contributed by atoms with Crippen LogP contribution in [0.1, 0.15) is 24.0 Å². The van der Waals surface area contributed by atoms with E-state index in [0.717, 1.165) is 40.8 Å². The number of sulfonamides is 1. The van der Waals surface area contributed by atoms with Crippen LogP contribution < -0.4 is 20.3 Å². The maximum absolute atomic E-state index is 13.8. The first-order valence-electron chi connectivity index (χ1n) is 12.8. The molecule has 5 rings (SSSR count). The predicted molar refractivity (Wildman–Crippen MR) is 157 cm³/mol. The molecule has 9 nitrogen and oxygen atoms in total. The van der Waals surface area contributed by atoms with Crippen LogP contribution in [0.4, 0.5) is 11.4 Å². The minimum Gasteiger partial charge on any atom is -0.370 e. The summed E-state index contributed by atoms with van der Waals surface area (Å²) < 4.78 is 28.6. The van der Waals surface area contributed by atoms with Gasteiger partial charge in [-0.3, -0.25) is 18.9 Å². The predicted octanol–water partition coefficient (Wildman–Crippen LogP) is 4.00. The van der Waals surface area contributed by atoms with Crippen molar-refractivity contribution in [1.82, 2.24) is 10.6 Å². The zero-order valence-corrected chi connectivity index (χ0v) is 23.7. The molecule has 2 aliphatic heterocycles. The van der Waals surface area contributed by atoms with E-state index in [0.29, 0.717) is 18.7 Å². The number of nitrogens with zero attached hydrogens (tertiary/aromatic N) is 2. The van der Waals surface area contributed by atoms with Gasteiger partial charge in [0.1, 0.15) is 11.9 Å². The van der Waals surface area contributed by atoms with Crippen LogP contribution in [0.15, 0.2) is 76.6 Å². The molecule has 1 unspecified atom stereocenters. The van der Waals surface area contributed by atoms with Gasteiger partial charge in [0.2, 0.25) is 11.8 Å². The van der Waals surface area contributed by atoms with Crippen molar-refractivity contribution in [3.63, 3.8) is 0 Å². The van der Waals surface area contributed by atoms with Crippen molar-refractivity contribution in [2.45, 2.75) is 30.2 Å². The second-order valence-corrected chi connectivity index (χ2v) is 12.0. The van der Waals surface area contributed by atoms with Crippen LogP contribution in [0.3, 0.4) is 0 Å². The lowest BCUT2D eigenvalue weighted by Gasteiger charge is -2.36. The van der Waals surface area contributed by atoms with Crippen molar-refractivity contribution < 1.29 is 18.0 Å². The summed E-state index contributed by atoms with van der Waals surface area (Å²) in [6.45, 7) is 2.04. The average Bonchev–Trinajstić information content (AvgIpc) is 2.95. The van der Waals surface area contributed by atoms with Gasteiger partial charge in [0, 0.05) is 25.2 Å². The Morgan fingerprint density at radius 2 is 1.82 bits per heavy atom. The maximum atomic E-state index is 13.8. The van der Waals surface area contributed by atoms with Gasteiger partial charge < -0.3 is 16.0 Å². The van der Waals surface area contributed by atoms with Crippen LogP contribution in [0.5, 0.6) is 0 Å². The molecule has 2 heterocycles. The highest BCUT2D eigenvalue weighted by atomic mass is 35.5. The fraction of sp³-hybridized carbons (Fsp3) is 0.250. The number of carbonyl (C=O) groups is 2. The van der Waals surface area contributed by atoms with Crippen LogP contribution in [-0.4, -0.2) is 51.7 Å². The van der Waals surface area contributed by atoms with E-state index in [-0.39, 0.29) is 27.0 Å². The summed E-state index contributed by atoms with van der Waals surface area (Å²) in [5.74, 6) is -0.169. The minimum atomic E-state index is -4.28. The highest BCUT2D eigenvalue weighted by Gasteiger charge is 2.42. The average molecular weight is 601 g/mol. The molecule has 0 radical (unpaired) electrons. The smallest absolute Gasteiger partial charge is 0.265 e. The molecular formula is C28H27Cl2N5O4S. The molecule has 3 N–H and O–H groups in total. The number of fused-ring (bicyclic) bond motifs is 1. The third-order valence-corrected chi connectivity index (χ3v) is 9.23. The van der Waals surface area contributed by atoms with E-state index in [2.05, 4.69) is 20.9 Å². The number of anilines is 2. The van der Waals surface area contributed by atoms with E-state index in [1.165, 1.54) is 18.2 Å². The summed E-state index contributed by atoms with van der Waals surface area (Å²) in [7, 11) is -4.28. The largest absolute Gasteiger partial charge is 0.370 e. The number of nitrogens with one attached hydrogen (secondary N) is 3. The molecule has 3 aromatic carbocycles. The van der Waals surface area contributed by atoms with Gasteiger partial charge >= 0.3 is 0 Å². The van der Waals surface area contributed by atoms with Gasteiger partial charge in [-0.25, -0.2) is 8.42 Å². The fourth-order valence-corrected chi connectivity index (χ4v) is 6.65. The number of aliphatic imine (C=N–C) groups is 1. The minimum absolute atomic E-state index is 0.0582. The van der Waals surface area contributed by atoms with Crippen molar-refractivity contribution in [2.75, 3.05) is 29.3 Å². The molecule has 40 heavy (non-hydrogen) atoms. The molecule has 2 amide bonds. The van der Waals surface area contributed by atoms with Gasteiger partial charge in [-0.1, -0.05) is 59.6 Å². The Balaban J connectivity index is 1.30. The zero-order chi connectivity index (χ0) is 28.3. The second kappa shape index (κ2) is 11.9. The second-order valence-electron chi connectivity index (χ2n) is 9.41. The van der Waals surface area contributed by atoms with Crippen molar-refractivity contribution in [1.29, 1.82) is 0 Å². The van der Waals surface area contributed by atoms with Gasteiger partial charge in [-0.2, -0.15) is 0 Å². The molecule has 0 fully saturated rings. The third-order valence-electron chi connectivity index (χ3n) is 6.67. The van der Waals surface area contributed by atoms with Gasteiger partial charge in [-0.05, 0) is 48.7 Å². The summed E-state index contributed by atoms with van der Waals surface area (Å²) in [6.07, 6.45) is 1.22. The van der Waals surface area contributed by atoms with E-state index < -0.39 is 27.9 Å². The summed E-state index contributed by atoms with van der Waals surface area (Å²) in [5.41, 5.74) is 2.61. The van der Waals surface area contributed by atoms with Gasteiger partial charge in [-0.15, -0.1) is 0 Å². The molecule has 12 heteroatoms. The van der Waals surface area contributed by atoms with Crippen molar-refractivity contribution in [2.24, 2.45) is 4.99 Å². The summed E-state index contributed by atoms with van der Waals surface area (Å²) in [4.78, 5) is 30.4. The number of benzene rings is 3. The number of para-hydroxylation sites is 2. The van der Waals surface area contributed by atoms with E-state index in [4.69, 9.17) is 23.2 Å². The monoisotopic (exact) mass is 599 g/mol. The van der Waals surface area contributed by atoms with E-state index in [9.17, 15) is 18.0 Å². The van der Waals surface area contributed by atoms with Gasteiger partial charge in [0.25, 0.3) is 10.0 Å². The number of rotatable bonds is 8. The molecule has 2 aliphatic rings. The van der Waals surface area contributed by atoms with E-state index in [1.54, 1.807) is 24.3 Å². The van der Waals surface area contributed by atoms with E-state index >= 15 is 0 Å². The summed E-state index contributed by atoms with van der Waals surface area (Å²) >= 11 is 12.1. The van der Waals surface area contributed by atoms with Crippen molar-refractivity contribution in [3.05, 3.63) is 87.9 Å². The lowest BCUT2D eigenvalue weighted by molar-refractivity contribution is -0.125. The quantitative estimate of drug-likeness (QED) is 0.361. The lowest BCUT2D eigenvalue weighted by atomic mass is 10.1. The standard InChI is InChI=1S/C28H27Cl2N5O4S/c29-21-11-10-20(16-22(21)30)40(38,39)35-24-5-2-1-4-23(24)34-28(37)25(35)17-26(36)31-15-12-18-6-8-19(9-7-18)27-32-13-3-14-33-27/h1-2,4-11,16,25H,3,12-15,17H2,(H,31,36)(H,32,33)(H,34,37). The molecule has 1 atom stereocenters. The van der Waals surface area contributed by atoms with E-state index in [1.807, 2.05) is 24.3 Å². The Hall–Kier alpha value is -3.60. The highest BCUT2D eigenvalue weighted by molar-refractivity contribution is 7.93. The molecule has 0 aromatic heterocycles.